The number of rotatable bonds is 7. The lowest BCUT2D eigenvalue weighted by atomic mass is 10.0. The Morgan fingerprint density at radius 2 is 1.87 bits per heavy atom. The SMILES string of the molecule is COc1ccc(C2CCCN2CC(=O)Nc2ccc(N3CCCC3=O)cc2)c(OC)c1. The first kappa shape index (κ1) is 21.2. The van der Waals surface area contributed by atoms with E-state index in [1.165, 1.54) is 0 Å². The van der Waals surface area contributed by atoms with E-state index in [1.54, 1.807) is 19.1 Å². The van der Waals surface area contributed by atoms with Gasteiger partial charge in [-0.25, -0.2) is 0 Å². The summed E-state index contributed by atoms with van der Waals surface area (Å²) in [5, 5.41) is 2.98. The van der Waals surface area contributed by atoms with Gasteiger partial charge in [-0.2, -0.15) is 0 Å². The van der Waals surface area contributed by atoms with Gasteiger partial charge in [0, 0.05) is 42.0 Å². The highest BCUT2D eigenvalue weighted by Crippen LogP contribution is 2.38. The molecule has 2 fully saturated rings. The number of ether oxygens (including phenoxy) is 2. The van der Waals surface area contributed by atoms with Crippen LogP contribution in [0.15, 0.2) is 42.5 Å². The van der Waals surface area contributed by atoms with Gasteiger partial charge in [0.1, 0.15) is 11.5 Å². The Bertz CT molecular complexity index is 944. The molecule has 0 radical (unpaired) electrons. The van der Waals surface area contributed by atoms with Gasteiger partial charge < -0.3 is 19.7 Å². The quantitative estimate of drug-likeness (QED) is 0.737. The molecule has 31 heavy (non-hydrogen) atoms. The Hall–Kier alpha value is -3.06. The summed E-state index contributed by atoms with van der Waals surface area (Å²) in [7, 11) is 3.29. The van der Waals surface area contributed by atoms with Crippen LogP contribution in [0.4, 0.5) is 11.4 Å². The van der Waals surface area contributed by atoms with Gasteiger partial charge in [-0.3, -0.25) is 14.5 Å². The summed E-state index contributed by atoms with van der Waals surface area (Å²) in [5.41, 5.74) is 2.69. The van der Waals surface area contributed by atoms with E-state index in [2.05, 4.69) is 10.2 Å². The number of likely N-dealkylation sites (tertiary alicyclic amines) is 1. The Morgan fingerprint density at radius 1 is 1.06 bits per heavy atom. The lowest BCUT2D eigenvalue weighted by molar-refractivity contribution is -0.118. The number of carbonyl (C=O) groups excluding carboxylic acids is 2. The second-order valence-corrected chi connectivity index (χ2v) is 7.98. The number of benzene rings is 2. The monoisotopic (exact) mass is 423 g/mol. The maximum Gasteiger partial charge on any atom is 0.238 e. The van der Waals surface area contributed by atoms with E-state index in [9.17, 15) is 9.59 Å². The molecule has 0 saturated carbocycles. The van der Waals surface area contributed by atoms with E-state index in [0.717, 1.165) is 60.8 Å². The van der Waals surface area contributed by atoms with Crippen molar-refractivity contribution in [1.82, 2.24) is 4.90 Å². The number of methoxy groups -OCH3 is 2. The minimum Gasteiger partial charge on any atom is -0.497 e. The van der Waals surface area contributed by atoms with Crippen molar-refractivity contribution in [3.05, 3.63) is 48.0 Å². The molecule has 2 saturated heterocycles. The van der Waals surface area contributed by atoms with Crippen molar-refractivity contribution in [2.45, 2.75) is 31.7 Å². The molecule has 2 aliphatic heterocycles. The van der Waals surface area contributed by atoms with E-state index >= 15 is 0 Å². The molecule has 2 aromatic carbocycles. The van der Waals surface area contributed by atoms with Crippen LogP contribution in [0.25, 0.3) is 0 Å². The number of nitrogens with zero attached hydrogens (tertiary/aromatic N) is 2. The average Bonchev–Trinajstić information content (AvgIpc) is 3.42. The van der Waals surface area contributed by atoms with Gasteiger partial charge in [0.25, 0.3) is 0 Å². The van der Waals surface area contributed by atoms with E-state index < -0.39 is 0 Å². The fourth-order valence-electron chi connectivity index (χ4n) is 4.49. The Kier molecular flexibility index (Phi) is 6.42. The normalized spacial score (nSPS) is 19.0. The smallest absolute Gasteiger partial charge is 0.238 e. The summed E-state index contributed by atoms with van der Waals surface area (Å²) < 4.78 is 10.9. The van der Waals surface area contributed by atoms with Crippen molar-refractivity contribution >= 4 is 23.2 Å². The minimum absolute atomic E-state index is 0.0515. The fourth-order valence-corrected chi connectivity index (χ4v) is 4.49. The van der Waals surface area contributed by atoms with Crippen LogP contribution in [0.3, 0.4) is 0 Å². The molecule has 2 aliphatic rings. The molecule has 1 unspecified atom stereocenters. The molecular formula is C24H29N3O4. The summed E-state index contributed by atoms with van der Waals surface area (Å²) in [5.74, 6) is 1.64. The van der Waals surface area contributed by atoms with E-state index in [1.807, 2.05) is 42.5 Å². The first-order valence-corrected chi connectivity index (χ1v) is 10.8. The first-order valence-electron chi connectivity index (χ1n) is 10.8. The second kappa shape index (κ2) is 9.39. The highest BCUT2D eigenvalue weighted by Gasteiger charge is 2.30. The van der Waals surface area contributed by atoms with Gasteiger partial charge >= 0.3 is 0 Å². The molecule has 0 aliphatic carbocycles. The van der Waals surface area contributed by atoms with Gasteiger partial charge in [-0.15, -0.1) is 0 Å². The molecule has 1 N–H and O–H groups in total. The molecule has 0 bridgehead atoms. The van der Waals surface area contributed by atoms with Crippen LogP contribution < -0.4 is 19.7 Å². The van der Waals surface area contributed by atoms with Crippen molar-refractivity contribution in [2.24, 2.45) is 0 Å². The number of nitrogens with one attached hydrogen (secondary N) is 1. The maximum absolute atomic E-state index is 12.7. The summed E-state index contributed by atoms with van der Waals surface area (Å²) in [6, 6.07) is 13.5. The van der Waals surface area contributed by atoms with Gasteiger partial charge in [-0.1, -0.05) is 6.07 Å². The van der Waals surface area contributed by atoms with Crippen molar-refractivity contribution in [3.63, 3.8) is 0 Å². The third kappa shape index (κ3) is 4.66. The third-order valence-corrected chi connectivity index (χ3v) is 6.05. The van der Waals surface area contributed by atoms with Crippen molar-refractivity contribution in [1.29, 1.82) is 0 Å². The van der Waals surface area contributed by atoms with Crippen LogP contribution in [0.5, 0.6) is 11.5 Å². The van der Waals surface area contributed by atoms with Gasteiger partial charge in [0.05, 0.1) is 20.8 Å². The van der Waals surface area contributed by atoms with Crippen LogP contribution in [0.1, 0.15) is 37.3 Å². The summed E-state index contributed by atoms with van der Waals surface area (Å²) >= 11 is 0. The fraction of sp³-hybridized carbons (Fsp3) is 0.417. The Balaban J connectivity index is 1.39. The molecule has 1 atom stereocenters. The van der Waals surface area contributed by atoms with Crippen molar-refractivity contribution < 1.29 is 19.1 Å². The second-order valence-electron chi connectivity index (χ2n) is 7.98. The van der Waals surface area contributed by atoms with Crippen LogP contribution in [0.2, 0.25) is 0 Å². The molecular weight excluding hydrogens is 394 g/mol. The van der Waals surface area contributed by atoms with Gasteiger partial charge in [0.2, 0.25) is 11.8 Å². The zero-order valence-corrected chi connectivity index (χ0v) is 18.1. The van der Waals surface area contributed by atoms with E-state index in [-0.39, 0.29) is 17.9 Å². The zero-order valence-electron chi connectivity index (χ0n) is 18.1. The Labute approximate surface area is 182 Å². The number of carbonyl (C=O) groups is 2. The first-order chi connectivity index (χ1) is 15.1. The highest BCUT2D eigenvalue weighted by molar-refractivity contribution is 5.96. The maximum atomic E-state index is 12.7. The zero-order chi connectivity index (χ0) is 21.8. The molecule has 2 amide bonds. The lowest BCUT2D eigenvalue weighted by Gasteiger charge is -2.26. The number of amides is 2. The average molecular weight is 424 g/mol. The summed E-state index contributed by atoms with van der Waals surface area (Å²) in [6.07, 6.45) is 3.52. The van der Waals surface area contributed by atoms with Crippen molar-refractivity contribution in [2.75, 3.05) is 44.1 Å². The summed E-state index contributed by atoms with van der Waals surface area (Å²) in [4.78, 5) is 28.6. The van der Waals surface area contributed by atoms with Crippen LogP contribution in [-0.4, -0.2) is 50.6 Å². The predicted octanol–water partition coefficient (Wildman–Crippen LogP) is 3.61. The minimum atomic E-state index is -0.0515. The number of hydrogen-bond acceptors (Lipinski definition) is 5. The topological polar surface area (TPSA) is 71.1 Å². The van der Waals surface area contributed by atoms with Gasteiger partial charge in [-0.05, 0) is 56.1 Å². The van der Waals surface area contributed by atoms with E-state index in [4.69, 9.17) is 9.47 Å². The van der Waals surface area contributed by atoms with Crippen LogP contribution in [0, 0.1) is 0 Å². The molecule has 2 heterocycles. The molecule has 2 aromatic rings. The number of anilines is 2. The summed E-state index contributed by atoms with van der Waals surface area (Å²) in [6.45, 7) is 1.94. The number of hydrogen-bond donors (Lipinski definition) is 1. The molecule has 4 rings (SSSR count). The van der Waals surface area contributed by atoms with Crippen LogP contribution >= 0.6 is 0 Å². The van der Waals surface area contributed by atoms with E-state index in [0.29, 0.717) is 13.0 Å². The lowest BCUT2D eigenvalue weighted by Crippen LogP contribution is -2.33. The predicted molar refractivity (Wildman–Crippen MR) is 120 cm³/mol. The van der Waals surface area contributed by atoms with Crippen molar-refractivity contribution in [3.8, 4) is 11.5 Å². The molecule has 0 spiro atoms. The molecule has 164 valence electrons. The molecule has 7 nitrogen and oxygen atoms in total. The largest absolute Gasteiger partial charge is 0.497 e. The standard InChI is InChI=1S/C24H29N3O4/c1-30-19-11-12-20(22(15-19)31-2)21-5-3-13-26(21)16-23(28)25-17-7-9-18(10-8-17)27-14-4-6-24(27)29/h7-12,15,21H,3-6,13-14,16H2,1-2H3,(H,25,28). The highest BCUT2D eigenvalue weighted by atomic mass is 16.5. The molecule has 0 aromatic heterocycles. The Morgan fingerprint density at radius 3 is 2.55 bits per heavy atom. The molecule has 7 heteroatoms. The third-order valence-electron chi connectivity index (χ3n) is 6.05. The van der Waals surface area contributed by atoms with Gasteiger partial charge in [0.15, 0.2) is 0 Å². The van der Waals surface area contributed by atoms with Crippen LogP contribution in [-0.2, 0) is 9.59 Å².